The van der Waals surface area contributed by atoms with Crippen molar-refractivity contribution in [2.75, 3.05) is 23.4 Å². The van der Waals surface area contributed by atoms with Gasteiger partial charge in [-0.2, -0.15) is 0 Å². The highest BCUT2D eigenvalue weighted by atomic mass is 16.5. The van der Waals surface area contributed by atoms with Crippen LogP contribution in [0.2, 0.25) is 0 Å². The number of hydrogen-bond acceptors (Lipinski definition) is 3. The maximum Gasteiger partial charge on any atom is 0.265 e. The fourth-order valence-electron chi connectivity index (χ4n) is 2.75. The van der Waals surface area contributed by atoms with Crippen molar-refractivity contribution in [3.8, 4) is 5.75 Å². The third-order valence-electron chi connectivity index (χ3n) is 3.98. The van der Waals surface area contributed by atoms with Crippen LogP contribution >= 0.6 is 0 Å². The standard InChI is InChI=1S/C20H20N2O3/c1-13(2)11-22-17-9-8-15(10-18(17)25-12-19(22)23)21-20(24)16-7-5-4-6-14(16)3/h4-10H,1,11-12H2,2-3H3,(H,21,24). The van der Waals surface area contributed by atoms with Gasteiger partial charge in [-0.25, -0.2) is 0 Å². The summed E-state index contributed by atoms with van der Waals surface area (Å²) < 4.78 is 5.53. The van der Waals surface area contributed by atoms with Crippen molar-refractivity contribution in [2.45, 2.75) is 13.8 Å². The summed E-state index contributed by atoms with van der Waals surface area (Å²) in [7, 11) is 0. The molecule has 128 valence electrons. The lowest BCUT2D eigenvalue weighted by Gasteiger charge is -2.29. The fourth-order valence-corrected chi connectivity index (χ4v) is 2.75. The van der Waals surface area contributed by atoms with Gasteiger partial charge in [-0.3, -0.25) is 9.59 Å². The van der Waals surface area contributed by atoms with E-state index in [0.717, 1.165) is 11.1 Å². The Labute approximate surface area is 146 Å². The Hall–Kier alpha value is -3.08. The fraction of sp³-hybridized carbons (Fsp3) is 0.200. The van der Waals surface area contributed by atoms with Crippen molar-refractivity contribution in [1.29, 1.82) is 0 Å². The number of amides is 2. The molecule has 0 aromatic heterocycles. The van der Waals surface area contributed by atoms with E-state index in [-0.39, 0.29) is 18.4 Å². The Morgan fingerprint density at radius 1 is 1.28 bits per heavy atom. The molecule has 0 atom stereocenters. The van der Waals surface area contributed by atoms with Gasteiger partial charge in [0.2, 0.25) is 0 Å². The van der Waals surface area contributed by atoms with E-state index in [0.29, 0.717) is 29.2 Å². The molecular weight excluding hydrogens is 316 g/mol. The molecule has 5 heteroatoms. The van der Waals surface area contributed by atoms with Crippen molar-refractivity contribution in [3.05, 3.63) is 65.7 Å². The summed E-state index contributed by atoms with van der Waals surface area (Å²) in [4.78, 5) is 26.2. The van der Waals surface area contributed by atoms with Crippen LogP contribution in [-0.2, 0) is 4.79 Å². The van der Waals surface area contributed by atoms with Gasteiger partial charge in [0.25, 0.3) is 11.8 Å². The van der Waals surface area contributed by atoms with Crippen molar-refractivity contribution in [1.82, 2.24) is 0 Å². The first kappa shape index (κ1) is 16.8. The SMILES string of the molecule is C=C(C)CN1C(=O)COc2cc(NC(=O)c3ccccc3C)ccc21. The molecule has 0 aliphatic carbocycles. The van der Waals surface area contributed by atoms with E-state index in [9.17, 15) is 9.59 Å². The molecule has 0 bridgehead atoms. The molecule has 0 saturated carbocycles. The number of nitrogens with one attached hydrogen (secondary N) is 1. The number of anilines is 2. The minimum atomic E-state index is -0.177. The van der Waals surface area contributed by atoms with E-state index < -0.39 is 0 Å². The van der Waals surface area contributed by atoms with Crippen LogP contribution in [0.5, 0.6) is 5.75 Å². The number of benzene rings is 2. The summed E-state index contributed by atoms with van der Waals surface area (Å²) in [5, 5.41) is 2.88. The predicted molar refractivity (Wildman–Crippen MR) is 98.2 cm³/mol. The van der Waals surface area contributed by atoms with Crippen molar-refractivity contribution in [3.63, 3.8) is 0 Å². The van der Waals surface area contributed by atoms with Crippen LogP contribution in [0, 0.1) is 6.92 Å². The van der Waals surface area contributed by atoms with Crippen LogP contribution in [0.25, 0.3) is 0 Å². The highest BCUT2D eigenvalue weighted by molar-refractivity contribution is 6.06. The summed E-state index contributed by atoms with van der Waals surface area (Å²) in [6, 6.07) is 12.7. The Kier molecular flexibility index (Phi) is 4.57. The Morgan fingerprint density at radius 2 is 2.04 bits per heavy atom. The van der Waals surface area contributed by atoms with E-state index in [1.807, 2.05) is 32.0 Å². The molecule has 0 spiro atoms. The lowest BCUT2D eigenvalue weighted by molar-refractivity contribution is -0.121. The average Bonchev–Trinajstić information content (AvgIpc) is 2.57. The first-order chi connectivity index (χ1) is 12.0. The van der Waals surface area contributed by atoms with Gasteiger partial charge in [-0.15, -0.1) is 0 Å². The van der Waals surface area contributed by atoms with Gasteiger partial charge < -0.3 is 15.0 Å². The summed E-state index contributed by atoms with van der Waals surface area (Å²) in [5.74, 6) is 0.291. The van der Waals surface area contributed by atoms with E-state index in [1.165, 1.54) is 0 Å². The van der Waals surface area contributed by atoms with Gasteiger partial charge in [-0.1, -0.05) is 30.4 Å². The highest BCUT2D eigenvalue weighted by Crippen LogP contribution is 2.35. The molecule has 2 amide bonds. The van der Waals surface area contributed by atoms with Gasteiger partial charge in [0.15, 0.2) is 6.61 Å². The Balaban J connectivity index is 1.84. The number of rotatable bonds is 4. The number of fused-ring (bicyclic) bond motifs is 1. The van der Waals surface area contributed by atoms with Gasteiger partial charge in [-0.05, 0) is 37.6 Å². The zero-order chi connectivity index (χ0) is 18.0. The van der Waals surface area contributed by atoms with Gasteiger partial charge in [0.1, 0.15) is 5.75 Å². The molecule has 25 heavy (non-hydrogen) atoms. The number of ether oxygens (including phenoxy) is 1. The lowest BCUT2D eigenvalue weighted by Crippen LogP contribution is -2.39. The molecular formula is C20H20N2O3. The van der Waals surface area contributed by atoms with Crippen molar-refractivity contribution in [2.24, 2.45) is 0 Å². The smallest absolute Gasteiger partial charge is 0.265 e. The number of hydrogen-bond donors (Lipinski definition) is 1. The summed E-state index contributed by atoms with van der Waals surface area (Å²) >= 11 is 0. The molecule has 1 aliphatic rings. The van der Waals surface area contributed by atoms with E-state index in [2.05, 4.69) is 11.9 Å². The van der Waals surface area contributed by atoms with Crippen LogP contribution in [0.3, 0.4) is 0 Å². The average molecular weight is 336 g/mol. The molecule has 0 unspecified atom stereocenters. The number of aryl methyl sites for hydroxylation is 1. The Morgan fingerprint density at radius 3 is 2.76 bits per heavy atom. The van der Waals surface area contributed by atoms with Gasteiger partial charge in [0, 0.05) is 23.9 Å². The van der Waals surface area contributed by atoms with Crippen molar-refractivity contribution < 1.29 is 14.3 Å². The monoisotopic (exact) mass is 336 g/mol. The second-order valence-electron chi connectivity index (χ2n) is 6.18. The van der Waals surface area contributed by atoms with Gasteiger partial charge in [0.05, 0.1) is 5.69 Å². The summed E-state index contributed by atoms with van der Waals surface area (Å²) in [6.07, 6.45) is 0. The molecule has 2 aromatic carbocycles. The predicted octanol–water partition coefficient (Wildman–Crippen LogP) is 3.55. The third-order valence-corrected chi connectivity index (χ3v) is 3.98. The first-order valence-corrected chi connectivity index (χ1v) is 8.04. The van der Waals surface area contributed by atoms with Crippen LogP contribution in [0.15, 0.2) is 54.6 Å². The van der Waals surface area contributed by atoms with Crippen LogP contribution in [0.1, 0.15) is 22.8 Å². The maximum absolute atomic E-state index is 12.4. The second-order valence-corrected chi connectivity index (χ2v) is 6.18. The molecule has 1 heterocycles. The Bertz CT molecular complexity index is 858. The molecule has 3 rings (SSSR count). The van der Waals surface area contributed by atoms with Gasteiger partial charge >= 0.3 is 0 Å². The van der Waals surface area contributed by atoms with Crippen LogP contribution in [0.4, 0.5) is 11.4 Å². The van der Waals surface area contributed by atoms with E-state index in [4.69, 9.17) is 4.74 Å². The molecule has 2 aromatic rings. The molecule has 1 aliphatic heterocycles. The zero-order valence-corrected chi connectivity index (χ0v) is 14.3. The minimum absolute atomic E-state index is 0.0184. The largest absolute Gasteiger partial charge is 0.481 e. The quantitative estimate of drug-likeness (QED) is 0.869. The first-order valence-electron chi connectivity index (χ1n) is 8.04. The molecule has 5 nitrogen and oxygen atoms in total. The maximum atomic E-state index is 12.4. The van der Waals surface area contributed by atoms with Crippen molar-refractivity contribution >= 4 is 23.2 Å². The summed E-state index contributed by atoms with van der Waals surface area (Å²) in [5.41, 5.74) is 3.73. The third kappa shape index (κ3) is 3.55. The molecule has 0 fully saturated rings. The topological polar surface area (TPSA) is 58.6 Å². The second kappa shape index (κ2) is 6.81. The summed E-state index contributed by atoms with van der Waals surface area (Å²) in [6.45, 7) is 8.06. The number of carbonyl (C=O) groups excluding carboxylic acids is 2. The highest BCUT2D eigenvalue weighted by Gasteiger charge is 2.25. The molecule has 1 N–H and O–H groups in total. The van der Waals surface area contributed by atoms with E-state index >= 15 is 0 Å². The zero-order valence-electron chi connectivity index (χ0n) is 14.3. The van der Waals surface area contributed by atoms with E-state index in [1.54, 1.807) is 29.2 Å². The number of nitrogens with zero attached hydrogens (tertiary/aromatic N) is 1. The van der Waals surface area contributed by atoms with Crippen LogP contribution in [-0.4, -0.2) is 25.0 Å². The van der Waals surface area contributed by atoms with Crippen LogP contribution < -0.4 is 15.0 Å². The normalized spacial score (nSPS) is 13.0. The minimum Gasteiger partial charge on any atom is -0.481 e. The molecule has 0 saturated heterocycles. The number of carbonyl (C=O) groups is 2. The lowest BCUT2D eigenvalue weighted by atomic mass is 10.1. The molecule has 0 radical (unpaired) electrons.